The van der Waals surface area contributed by atoms with E-state index in [9.17, 15) is 43.5 Å². The number of nitrogens with zero attached hydrogens (tertiary/aromatic N) is 1. The Kier molecular flexibility index (Phi) is 20.6. The van der Waals surface area contributed by atoms with Gasteiger partial charge in [0.15, 0.2) is 5.96 Å². The Hall–Kier alpha value is -6.01. The molecule has 20 heteroatoms. The molecular formula is C39H56N10O9Se. The molecule has 2 rings (SSSR count). The maximum atomic E-state index is 14.0. The van der Waals surface area contributed by atoms with Crippen molar-refractivity contribution in [1.29, 1.82) is 0 Å². The van der Waals surface area contributed by atoms with Crippen molar-refractivity contribution < 1.29 is 43.5 Å². The second-order valence-corrected chi connectivity index (χ2v) is 16.5. The summed E-state index contributed by atoms with van der Waals surface area (Å²) in [6, 6.07) is 7.52. The number of amides is 7. The van der Waals surface area contributed by atoms with Crippen LogP contribution in [0.15, 0.2) is 59.6 Å². The molecule has 0 aromatic heterocycles. The van der Waals surface area contributed by atoms with Crippen LogP contribution in [0.1, 0.15) is 65.9 Å². The summed E-state index contributed by atoms with van der Waals surface area (Å²) in [6.45, 7) is 7.85. The maximum absolute atomic E-state index is 14.0. The number of primary amides is 1. The minimum atomic E-state index is -1.49. The van der Waals surface area contributed by atoms with Gasteiger partial charge in [0, 0.05) is 19.9 Å². The molecule has 59 heavy (non-hydrogen) atoms. The molecule has 0 bridgehead atoms. The van der Waals surface area contributed by atoms with Gasteiger partial charge >= 0.3 is 180 Å². The Morgan fingerprint density at radius 3 is 1.78 bits per heavy atom. The third-order valence-corrected chi connectivity index (χ3v) is 10.7. The van der Waals surface area contributed by atoms with Crippen LogP contribution in [0.2, 0.25) is 0 Å². The van der Waals surface area contributed by atoms with Crippen LogP contribution in [0, 0.1) is 5.92 Å². The Bertz CT molecular complexity index is 1810. The van der Waals surface area contributed by atoms with Crippen molar-refractivity contribution in [3.05, 3.63) is 60.2 Å². The van der Waals surface area contributed by atoms with E-state index in [0.717, 1.165) is 4.46 Å². The number of carbonyl (C=O) groups is 8. The van der Waals surface area contributed by atoms with E-state index in [0.29, 0.717) is 5.56 Å². The van der Waals surface area contributed by atoms with Gasteiger partial charge < -0.3 is 27.2 Å². The number of aromatic hydroxyl groups is 1. The summed E-state index contributed by atoms with van der Waals surface area (Å²) in [5.74, 6) is -5.57. The predicted molar refractivity (Wildman–Crippen MR) is 220 cm³/mol. The zero-order valence-corrected chi connectivity index (χ0v) is 35.5. The van der Waals surface area contributed by atoms with E-state index in [-0.39, 0.29) is 54.5 Å². The molecule has 322 valence electrons. The SMILES string of the molecule is CC(=O)N[C@@H](CC(C)C)C(=O)N[C@@H](Cc1ccc(O)cc1)C(=O)N[C@@H](CCCN=C(N)N)C(=O)N[C@@H](C)C(=O)N[C@@H](CC(N)=O)C(=O)N[C@@H](C)C(=O)[Se]c1ccccc1. The number of phenols is 1. The molecule has 19 nitrogen and oxygen atoms in total. The van der Waals surface area contributed by atoms with Crippen LogP contribution in [-0.4, -0.2) is 115 Å². The number of phenolic OH excluding ortho intramolecular Hbond substituents is 1. The fourth-order valence-corrected chi connectivity index (χ4v) is 7.09. The van der Waals surface area contributed by atoms with Crippen LogP contribution in [0.3, 0.4) is 0 Å². The molecule has 0 saturated heterocycles. The third kappa shape index (κ3) is 18.9. The summed E-state index contributed by atoms with van der Waals surface area (Å²) >= 11 is -0.621. The average molecular weight is 888 g/mol. The Morgan fingerprint density at radius 1 is 0.661 bits per heavy atom. The van der Waals surface area contributed by atoms with Gasteiger partial charge in [-0.1, -0.05) is 26.0 Å². The van der Waals surface area contributed by atoms with Gasteiger partial charge in [0.05, 0.1) is 0 Å². The summed E-state index contributed by atoms with van der Waals surface area (Å²) in [7, 11) is 0. The molecule has 0 unspecified atom stereocenters. The van der Waals surface area contributed by atoms with Gasteiger partial charge in [-0.3, -0.25) is 19.4 Å². The number of guanidine groups is 1. The standard InChI is InChI=1S/C39H56N10O9Se/c1-21(2)18-29(46-24(5)50)36(56)49-30(19-25-13-15-26(51)16-14-25)37(57)47-28(12-9-17-43-39(41)42)34(54)44-22(3)33(53)48-31(20-32(40)52)35(55)45-23(4)38(58)59-27-10-7-6-8-11-27/h6-8,10-11,13-16,21-23,28-31,51H,9,12,17-20H2,1-5H3,(H2,40,52)(H,44,54)(H,45,55)(H,46,50)(H,47,57)(H,48,53)(H,49,56)(H4,41,42,43)/t22-,23-,28-,29-,30-,31-/m0/s1. The van der Waals surface area contributed by atoms with Crippen LogP contribution in [0.4, 0.5) is 0 Å². The Morgan fingerprint density at radius 2 is 1.20 bits per heavy atom. The first-order chi connectivity index (χ1) is 27.7. The first-order valence-corrected chi connectivity index (χ1v) is 20.6. The van der Waals surface area contributed by atoms with Gasteiger partial charge in [0.2, 0.25) is 17.7 Å². The van der Waals surface area contributed by atoms with Crippen molar-refractivity contribution in [1.82, 2.24) is 31.9 Å². The average Bonchev–Trinajstić information content (AvgIpc) is 3.15. The second-order valence-electron chi connectivity index (χ2n) is 14.3. The van der Waals surface area contributed by atoms with Gasteiger partial charge in [0.1, 0.15) is 17.8 Å². The normalized spacial score (nSPS) is 13.9. The van der Waals surface area contributed by atoms with Crippen LogP contribution in [0.5, 0.6) is 5.75 Å². The summed E-state index contributed by atoms with van der Waals surface area (Å²) < 4.78 is 0.529. The van der Waals surface area contributed by atoms with Gasteiger partial charge in [-0.25, -0.2) is 0 Å². The molecule has 2 aromatic rings. The number of hydrogen-bond acceptors (Lipinski definition) is 10. The molecular weight excluding hydrogens is 831 g/mol. The van der Waals surface area contributed by atoms with E-state index < -0.39 is 99.0 Å². The number of benzene rings is 2. The fraction of sp³-hybridized carbons (Fsp3) is 0.462. The summed E-state index contributed by atoms with van der Waals surface area (Å²) in [5, 5.41) is 25.1. The molecule has 0 radical (unpaired) electrons. The van der Waals surface area contributed by atoms with E-state index >= 15 is 0 Å². The first-order valence-electron chi connectivity index (χ1n) is 18.9. The molecule has 0 aliphatic carbocycles. The van der Waals surface area contributed by atoms with Crippen LogP contribution in [-0.2, 0) is 44.8 Å². The van der Waals surface area contributed by atoms with Gasteiger partial charge in [-0.2, -0.15) is 0 Å². The first kappa shape index (κ1) is 49.1. The third-order valence-electron chi connectivity index (χ3n) is 8.45. The van der Waals surface area contributed by atoms with E-state index in [4.69, 9.17) is 17.2 Å². The number of nitrogens with one attached hydrogen (secondary N) is 6. The van der Waals surface area contributed by atoms with Crippen molar-refractivity contribution in [3.63, 3.8) is 0 Å². The molecule has 13 N–H and O–H groups in total. The molecule has 0 fully saturated rings. The topological polar surface area (TPSA) is 319 Å². The molecule has 0 spiro atoms. The molecule has 7 amide bonds. The number of nitrogens with two attached hydrogens (primary N) is 3. The molecule has 0 heterocycles. The minimum absolute atomic E-state index is 0.00159. The molecule has 0 aliphatic heterocycles. The van der Waals surface area contributed by atoms with Crippen LogP contribution >= 0.6 is 0 Å². The number of aliphatic imine (C=N–C) groups is 1. The Labute approximate surface area is 349 Å². The quantitative estimate of drug-likeness (QED) is 0.0226. The number of rotatable bonds is 24. The zero-order valence-electron chi connectivity index (χ0n) is 33.8. The summed E-state index contributed by atoms with van der Waals surface area (Å²) in [6.07, 6.45) is -0.265. The van der Waals surface area contributed by atoms with Crippen LogP contribution in [0.25, 0.3) is 0 Å². The molecule has 2 aromatic carbocycles. The van der Waals surface area contributed by atoms with E-state index in [1.807, 2.05) is 13.8 Å². The summed E-state index contributed by atoms with van der Waals surface area (Å²) in [5.41, 5.74) is 16.8. The van der Waals surface area contributed by atoms with Gasteiger partial charge in [0.25, 0.3) is 0 Å². The fourth-order valence-electron chi connectivity index (χ4n) is 5.49. The summed E-state index contributed by atoms with van der Waals surface area (Å²) in [4.78, 5) is 108. The monoisotopic (exact) mass is 888 g/mol. The van der Waals surface area contributed by atoms with E-state index in [2.05, 4.69) is 36.9 Å². The van der Waals surface area contributed by atoms with Crippen molar-refractivity contribution in [2.24, 2.45) is 28.1 Å². The van der Waals surface area contributed by atoms with Crippen molar-refractivity contribution in [3.8, 4) is 5.75 Å². The van der Waals surface area contributed by atoms with Gasteiger partial charge in [-0.15, -0.1) is 0 Å². The van der Waals surface area contributed by atoms with E-state index in [1.54, 1.807) is 42.5 Å². The second kappa shape index (κ2) is 24.7. The zero-order chi connectivity index (χ0) is 44.2. The van der Waals surface area contributed by atoms with Crippen molar-refractivity contribution in [2.75, 3.05) is 6.54 Å². The van der Waals surface area contributed by atoms with Crippen molar-refractivity contribution in [2.45, 2.75) is 103 Å². The Balaban J connectivity index is 2.28. The van der Waals surface area contributed by atoms with Gasteiger partial charge in [-0.05, 0) is 36.5 Å². The molecule has 0 saturated carbocycles. The van der Waals surface area contributed by atoms with Crippen LogP contribution < -0.4 is 53.6 Å². The van der Waals surface area contributed by atoms with E-state index in [1.165, 1.54) is 32.9 Å². The molecule has 0 aliphatic rings. The predicted octanol–water partition coefficient (Wildman–Crippen LogP) is -2.57. The molecule has 6 atom stereocenters. The van der Waals surface area contributed by atoms with Crippen molar-refractivity contribution >= 4 is 71.4 Å². The number of carbonyl (C=O) groups excluding carboxylic acids is 8. The number of hydrogen-bond donors (Lipinski definition) is 10.